The average Bonchev–Trinajstić information content (AvgIpc) is 2.79. The molecular formula is C19H23BrFN3. The molecule has 0 aliphatic rings. The van der Waals surface area contributed by atoms with Crippen molar-refractivity contribution in [3.8, 4) is 0 Å². The largest absolute Gasteiger partial charge is 0.369 e. The molecule has 2 N–H and O–H groups in total. The lowest BCUT2D eigenvalue weighted by Crippen LogP contribution is -2.14. The molecule has 5 heteroatoms. The summed E-state index contributed by atoms with van der Waals surface area (Å²) in [5.74, 6) is 0.358. The second kappa shape index (κ2) is 6.93. The standard InChI is InChI=1S/C19H22FN3.BrH/c1-19(2,3)14-9-8-13(12-15(14)20)10-11-23-17-7-5-4-6-16(17)22-18(23)21;/h4-9,12H,10-11H2,1-3H3,(H2,21,22);1H. The van der Waals surface area contributed by atoms with Crippen LogP contribution in [0, 0.1) is 5.82 Å². The number of hydrogen-bond acceptors (Lipinski definition) is 2. The lowest BCUT2D eigenvalue weighted by atomic mass is 9.86. The van der Waals surface area contributed by atoms with Gasteiger partial charge in [0.15, 0.2) is 0 Å². The SMILES string of the molecule is Br.CC(C)(C)c1ccc(CCn2c(N)nc3ccccc32)cc1F. The van der Waals surface area contributed by atoms with Crippen molar-refractivity contribution in [1.82, 2.24) is 9.55 Å². The van der Waals surface area contributed by atoms with E-state index >= 15 is 0 Å². The van der Waals surface area contributed by atoms with Crippen LogP contribution in [0.2, 0.25) is 0 Å². The number of anilines is 1. The quantitative estimate of drug-likeness (QED) is 0.691. The van der Waals surface area contributed by atoms with Crippen LogP contribution in [0.3, 0.4) is 0 Å². The predicted molar refractivity (Wildman–Crippen MR) is 103 cm³/mol. The van der Waals surface area contributed by atoms with E-state index in [0.717, 1.165) is 22.2 Å². The topological polar surface area (TPSA) is 43.8 Å². The molecule has 1 aromatic heterocycles. The molecule has 0 radical (unpaired) electrons. The highest BCUT2D eigenvalue weighted by atomic mass is 79.9. The summed E-state index contributed by atoms with van der Waals surface area (Å²) in [6.07, 6.45) is 0.714. The summed E-state index contributed by atoms with van der Waals surface area (Å²) in [7, 11) is 0. The number of para-hydroxylation sites is 2. The molecule has 0 fully saturated rings. The summed E-state index contributed by atoms with van der Waals surface area (Å²) in [6, 6.07) is 13.4. The lowest BCUT2D eigenvalue weighted by molar-refractivity contribution is 0.521. The molecular weight excluding hydrogens is 369 g/mol. The zero-order valence-electron chi connectivity index (χ0n) is 14.2. The van der Waals surface area contributed by atoms with Gasteiger partial charge in [-0.25, -0.2) is 9.37 Å². The Morgan fingerprint density at radius 3 is 2.50 bits per heavy atom. The van der Waals surface area contributed by atoms with E-state index < -0.39 is 0 Å². The zero-order chi connectivity index (χ0) is 16.6. The van der Waals surface area contributed by atoms with Gasteiger partial charge in [0.1, 0.15) is 5.82 Å². The molecule has 2 aromatic carbocycles. The molecule has 3 nitrogen and oxygen atoms in total. The van der Waals surface area contributed by atoms with Gasteiger partial charge in [-0.3, -0.25) is 0 Å². The molecule has 0 atom stereocenters. The number of imidazole rings is 1. The lowest BCUT2D eigenvalue weighted by Gasteiger charge is -2.20. The molecule has 0 aliphatic carbocycles. The van der Waals surface area contributed by atoms with Crippen molar-refractivity contribution in [3.63, 3.8) is 0 Å². The molecule has 0 unspecified atom stereocenters. The van der Waals surface area contributed by atoms with Crippen LogP contribution in [-0.2, 0) is 18.4 Å². The van der Waals surface area contributed by atoms with Crippen LogP contribution in [0.25, 0.3) is 11.0 Å². The normalized spacial score (nSPS) is 11.5. The molecule has 24 heavy (non-hydrogen) atoms. The van der Waals surface area contributed by atoms with Crippen LogP contribution < -0.4 is 5.73 Å². The van der Waals surface area contributed by atoms with Gasteiger partial charge in [-0.2, -0.15) is 0 Å². The summed E-state index contributed by atoms with van der Waals surface area (Å²) < 4.78 is 16.3. The second-order valence-electron chi connectivity index (χ2n) is 6.92. The number of hydrogen-bond donors (Lipinski definition) is 1. The Morgan fingerprint density at radius 1 is 1.12 bits per heavy atom. The molecule has 128 valence electrons. The number of nitrogens with zero attached hydrogens (tertiary/aromatic N) is 2. The Kier molecular flexibility index (Phi) is 5.33. The first-order valence-electron chi connectivity index (χ1n) is 7.86. The fourth-order valence-corrected chi connectivity index (χ4v) is 2.89. The highest BCUT2D eigenvalue weighted by Crippen LogP contribution is 2.26. The van der Waals surface area contributed by atoms with Gasteiger partial charge >= 0.3 is 0 Å². The highest BCUT2D eigenvalue weighted by molar-refractivity contribution is 8.93. The molecule has 0 saturated heterocycles. The third-order valence-electron chi connectivity index (χ3n) is 4.15. The van der Waals surface area contributed by atoms with Crippen LogP contribution in [0.1, 0.15) is 31.9 Å². The van der Waals surface area contributed by atoms with Crippen LogP contribution >= 0.6 is 17.0 Å². The van der Waals surface area contributed by atoms with Crippen molar-refractivity contribution < 1.29 is 4.39 Å². The maximum Gasteiger partial charge on any atom is 0.201 e. The average molecular weight is 392 g/mol. The summed E-state index contributed by atoms with van der Waals surface area (Å²) in [6.45, 7) is 6.73. The minimum absolute atomic E-state index is 0. The van der Waals surface area contributed by atoms with Gasteiger partial charge in [-0.05, 0) is 41.2 Å². The third-order valence-corrected chi connectivity index (χ3v) is 4.15. The number of aryl methyl sites for hydroxylation is 2. The van der Waals surface area contributed by atoms with E-state index in [0.29, 0.717) is 18.9 Å². The van der Waals surface area contributed by atoms with Gasteiger partial charge in [-0.15, -0.1) is 17.0 Å². The van der Waals surface area contributed by atoms with E-state index in [1.165, 1.54) is 0 Å². The Morgan fingerprint density at radius 2 is 1.83 bits per heavy atom. The molecule has 1 heterocycles. The number of nitrogen functional groups attached to an aromatic ring is 1. The van der Waals surface area contributed by atoms with E-state index in [4.69, 9.17) is 5.73 Å². The number of rotatable bonds is 3. The van der Waals surface area contributed by atoms with E-state index in [2.05, 4.69) is 4.98 Å². The summed E-state index contributed by atoms with van der Waals surface area (Å²) in [5, 5.41) is 0. The monoisotopic (exact) mass is 391 g/mol. The smallest absolute Gasteiger partial charge is 0.201 e. The van der Waals surface area contributed by atoms with Crippen LogP contribution in [-0.4, -0.2) is 9.55 Å². The van der Waals surface area contributed by atoms with Crippen molar-refractivity contribution in [2.45, 2.75) is 39.2 Å². The maximum absolute atomic E-state index is 14.3. The minimum atomic E-state index is -0.187. The van der Waals surface area contributed by atoms with E-state index in [1.54, 1.807) is 6.07 Å². The number of aromatic nitrogens is 2. The maximum atomic E-state index is 14.3. The van der Waals surface area contributed by atoms with E-state index in [-0.39, 0.29) is 28.2 Å². The van der Waals surface area contributed by atoms with Gasteiger partial charge in [0, 0.05) is 6.54 Å². The van der Waals surface area contributed by atoms with Crippen molar-refractivity contribution in [2.75, 3.05) is 5.73 Å². The van der Waals surface area contributed by atoms with Gasteiger partial charge in [-0.1, -0.05) is 45.0 Å². The van der Waals surface area contributed by atoms with E-state index in [1.807, 2.05) is 61.7 Å². The second-order valence-corrected chi connectivity index (χ2v) is 6.92. The van der Waals surface area contributed by atoms with Gasteiger partial charge < -0.3 is 10.3 Å². The molecule has 3 aromatic rings. The summed E-state index contributed by atoms with van der Waals surface area (Å²) in [4.78, 5) is 4.36. The Balaban J connectivity index is 0.00000208. The van der Waals surface area contributed by atoms with Gasteiger partial charge in [0.05, 0.1) is 11.0 Å². The summed E-state index contributed by atoms with van der Waals surface area (Å²) >= 11 is 0. The molecule has 0 amide bonds. The predicted octanol–water partition coefficient (Wildman–Crippen LogP) is 4.88. The van der Waals surface area contributed by atoms with Crippen LogP contribution in [0.4, 0.5) is 10.3 Å². The number of fused-ring (bicyclic) bond motifs is 1. The minimum Gasteiger partial charge on any atom is -0.369 e. The molecule has 0 bridgehead atoms. The molecule has 3 rings (SSSR count). The molecule has 0 aliphatic heterocycles. The van der Waals surface area contributed by atoms with Gasteiger partial charge in [0.25, 0.3) is 0 Å². The van der Waals surface area contributed by atoms with Crippen molar-refractivity contribution >= 4 is 34.0 Å². The highest BCUT2D eigenvalue weighted by Gasteiger charge is 2.18. The zero-order valence-corrected chi connectivity index (χ0v) is 15.9. The first kappa shape index (κ1) is 18.5. The Labute approximate surface area is 152 Å². The first-order chi connectivity index (χ1) is 10.9. The van der Waals surface area contributed by atoms with Crippen LogP contribution in [0.15, 0.2) is 42.5 Å². The number of benzene rings is 2. The molecule has 0 spiro atoms. The third kappa shape index (κ3) is 3.61. The van der Waals surface area contributed by atoms with Crippen molar-refractivity contribution in [3.05, 3.63) is 59.4 Å². The van der Waals surface area contributed by atoms with Crippen molar-refractivity contribution in [1.29, 1.82) is 0 Å². The number of nitrogens with two attached hydrogens (primary N) is 1. The first-order valence-corrected chi connectivity index (χ1v) is 7.86. The Hall–Kier alpha value is -1.88. The Bertz CT molecular complexity index is 849. The van der Waals surface area contributed by atoms with E-state index in [9.17, 15) is 4.39 Å². The number of halogens is 2. The molecule has 0 saturated carbocycles. The van der Waals surface area contributed by atoms with Gasteiger partial charge in [0.2, 0.25) is 5.95 Å². The fraction of sp³-hybridized carbons (Fsp3) is 0.316. The fourth-order valence-electron chi connectivity index (χ4n) is 2.89. The van der Waals surface area contributed by atoms with Crippen molar-refractivity contribution in [2.24, 2.45) is 0 Å². The summed E-state index contributed by atoms with van der Waals surface area (Å²) in [5.41, 5.74) is 9.43. The van der Waals surface area contributed by atoms with Crippen LogP contribution in [0.5, 0.6) is 0 Å².